The van der Waals surface area contributed by atoms with Crippen LogP contribution in [0.3, 0.4) is 0 Å². The first-order chi connectivity index (χ1) is 13.7. The van der Waals surface area contributed by atoms with E-state index in [0.29, 0.717) is 11.8 Å². The molecule has 2 heterocycles. The summed E-state index contributed by atoms with van der Waals surface area (Å²) in [5.74, 6) is 0.303. The molecule has 1 saturated carbocycles. The second-order valence-corrected chi connectivity index (χ2v) is 8.05. The highest BCUT2D eigenvalue weighted by Crippen LogP contribution is 2.32. The molecule has 0 radical (unpaired) electrons. The third-order valence-corrected chi connectivity index (χ3v) is 6.09. The zero-order chi connectivity index (χ0) is 19.1. The van der Waals surface area contributed by atoms with E-state index < -0.39 is 0 Å². The Kier molecular flexibility index (Phi) is 4.28. The van der Waals surface area contributed by atoms with Gasteiger partial charge in [0.05, 0.1) is 5.69 Å². The van der Waals surface area contributed by atoms with Crippen molar-refractivity contribution in [1.29, 1.82) is 0 Å². The minimum absolute atomic E-state index is 0.113. The van der Waals surface area contributed by atoms with Crippen molar-refractivity contribution in [2.45, 2.75) is 31.9 Å². The molecule has 1 aliphatic rings. The summed E-state index contributed by atoms with van der Waals surface area (Å²) < 4.78 is 11.3. The number of carbonyl (C=O) groups is 1. The number of ether oxygens (including phenoxy) is 1. The highest BCUT2D eigenvalue weighted by Gasteiger charge is 2.28. The normalized spacial score (nSPS) is 13.9. The van der Waals surface area contributed by atoms with Crippen LogP contribution in [-0.4, -0.2) is 24.0 Å². The first-order valence-corrected chi connectivity index (χ1v) is 10.3. The molecule has 0 N–H and O–H groups in total. The molecule has 4 aromatic rings. The van der Waals surface area contributed by atoms with E-state index in [0.717, 1.165) is 32.6 Å². The number of fused-ring (bicyclic) bond motifs is 3. The maximum absolute atomic E-state index is 12.3. The van der Waals surface area contributed by atoms with Gasteiger partial charge >= 0.3 is 5.97 Å². The summed E-state index contributed by atoms with van der Waals surface area (Å²) in [5.41, 5.74) is 1.57. The SMILES string of the molecule is CN(c1nc(COC(=O)Cc2cc3c(ccc4ccccc43)o2)cs1)C1CC1. The van der Waals surface area contributed by atoms with E-state index in [1.54, 1.807) is 11.3 Å². The van der Waals surface area contributed by atoms with Crippen LogP contribution < -0.4 is 4.90 Å². The predicted octanol–water partition coefficient (Wildman–Crippen LogP) is 4.93. The van der Waals surface area contributed by atoms with Crippen molar-refractivity contribution in [2.75, 3.05) is 11.9 Å². The molecular weight excluding hydrogens is 372 g/mol. The average Bonchev–Trinajstić information content (AvgIpc) is 3.30. The third-order valence-electron chi connectivity index (χ3n) is 5.11. The summed E-state index contributed by atoms with van der Waals surface area (Å²) >= 11 is 1.59. The fraction of sp³-hybridized carbons (Fsp3) is 0.273. The number of thiazole rings is 1. The fourth-order valence-electron chi connectivity index (χ4n) is 3.42. The molecule has 0 amide bonds. The van der Waals surface area contributed by atoms with Gasteiger partial charge in [0.2, 0.25) is 0 Å². The Morgan fingerprint density at radius 2 is 2.11 bits per heavy atom. The van der Waals surface area contributed by atoms with Gasteiger partial charge in [-0.2, -0.15) is 0 Å². The van der Waals surface area contributed by atoms with Gasteiger partial charge in [-0.25, -0.2) is 4.98 Å². The number of benzene rings is 2. The van der Waals surface area contributed by atoms with Gasteiger partial charge in [-0.1, -0.05) is 30.3 Å². The van der Waals surface area contributed by atoms with Crippen molar-refractivity contribution < 1.29 is 13.9 Å². The number of nitrogens with zero attached hydrogens (tertiary/aromatic N) is 2. The Labute approximate surface area is 166 Å². The molecule has 0 saturated heterocycles. The summed E-state index contributed by atoms with van der Waals surface area (Å²) in [6.07, 6.45) is 2.57. The molecule has 6 heteroatoms. The second kappa shape index (κ2) is 6.95. The fourth-order valence-corrected chi connectivity index (χ4v) is 4.27. The Morgan fingerprint density at radius 3 is 2.96 bits per heavy atom. The van der Waals surface area contributed by atoms with Crippen molar-refractivity contribution in [3.63, 3.8) is 0 Å². The number of aromatic nitrogens is 1. The van der Waals surface area contributed by atoms with Crippen LogP contribution in [-0.2, 0) is 22.6 Å². The van der Waals surface area contributed by atoms with Crippen LogP contribution in [0.4, 0.5) is 5.13 Å². The maximum Gasteiger partial charge on any atom is 0.313 e. The van der Waals surface area contributed by atoms with Crippen LogP contribution >= 0.6 is 11.3 Å². The number of hydrogen-bond acceptors (Lipinski definition) is 6. The van der Waals surface area contributed by atoms with Gasteiger partial charge in [0.25, 0.3) is 0 Å². The molecular formula is C22H20N2O3S. The number of carbonyl (C=O) groups excluding carboxylic acids is 1. The van der Waals surface area contributed by atoms with Crippen LogP contribution in [0.1, 0.15) is 24.3 Å². The van der Waals surface area contributed by atoms with Crippen molar-refractivity contribution >= 4 is 44.2 Å². The van der Waals surface area contributed by atoms with E-state index in [2.05, 4.69) is 29.1 Å². The van der Waals surface area contributed by atoms with Crippen LogP contribution in [0.5, 0.6) is 0 Å². The average molecular weight is 392 g/mol. The predicted molar refractivity (Wildman–Crippen MR) is 111 cm³/mol. The lowest BCUT2D eigenvalue weighted by atomic mass is 10.1. The lowest BCUT2D eigenvalue weighted by molar-refractivity contribution is -0.144. The molecule has 28 heavy (non-hydrogen) atoms. The minimum Gasteiger partial charge on any atom is -0.460 e. The minimum atomic E-state index is -0.312. The molecule has 142 valence electrons. The van der Waals surface area contributed by atoms with E-state index in [1.807, 2.05) is 35.7 Å². The van der Waals surface area contributed by atoms with Crippen molar-refractivity contribution in [3.8, 4) is 0 Å². The molecule has 2 aromatic carbocycles. The van der Waals surface area contributed by atoms with E-state index in [1.165, 1.54) is 12.8 Å². The molecule has 0 unspecified atom stereocenters. The standard InChI is InChI=1S/C22H20N2O3S/c1-24(16-7-8-16)22-23-15(13-28-22)12-26-21(25)11-17-10-19-18-5-3-2-4-14(18)6-9-20(19)27-17/h2-6,9-10,13,16H,7-8,11-12H2,1H3. The molecule has 1 fully saturated rings. The molecule has 5 nitrogen and oxygen atoms in total. The van der Waals surface area contributed by atoms with E-state index in [9.17, 15) is 4.79 Å². The molecule has 0 spiro atoms. The highest BCUT2D eigenvalue weighted by molar-refractivity contribution is 7.13. The summed E-state index contributed by atoms with van der Waals surface area (Å²) in [7, 11) is 2.07. The van der Waals surface area contributed by atoms with Gasteiger partial charge in [0, 0.05) is 23.9 Å². The molecule has 0 aliphatic heterocycles. The Hall–Kier alpha value is -2.86. The smallest absolute Gasteiger partial charge is 0.313 e. The first kappa shape index (κ1) is 17.3. The highest BCUT2D eigenvalue weighted by atomic mass is 32.1. The van der Waals surface area contributed by atoms with E-state index in [4.69, 9.17) is 9.15 Å². The third kappa shape index (κ3) is 3.36. The monoisotopic (exact) mass is 392 g/mol. The van der Waals surface area contributed by atoms with Crippen LogP contribution in [0, 0.1) is 0 Å². The molecule has 0 bridgehead atoms. The number of hydrogen-bond donors (Lipinski definition) is 0. The van der Waals surface area contributed by atoms with Gasteiger partial charge in [-0.15, -0.1) is 11.3 Å². The van der Waals surface area contributed by atoms with Crippen molar-refractivity contribution in [3.05, 3.63) is 59.3 Å². The van der Waals surface area contributed by atoms with E-state index >= 15 is 0 Å². The molecule has 2 aromatic heterocycles. The maximum atomic E-state index is 12.3. The van der Waals surface area contributed by atoms with Crippen molar-refractivity contribution in [2.24, 2.45) is 0 Å². The quantitative estimate of drug-likeness (QED) is 0.436. The van der Waals surface area contributed by atoms with Gasteiger partial charge in [0.1, 0.15) is 24.4 Å². The number of anilines is 1. The second-order valence-electron chi connectivity index (χ2n) is 7.21. The lowest BCUT2D eigenvalue weighted by Crippen LogP contribution is -2.19. The zero-order valence-corrected chi connectivity index (χ0v) is 16.4. The summed E-state index contributed by atoms with van der Waals surface area (Å²) in [5, 5.41) is 6.24. The van der Waals surface area contributed by atoms with Crippen LogP contribution in [0.15, 0.2) is 52.3 Å². The van der Waals surface area contributed by atoms with E-state index in [-0.39, 0.29) is 19.0 Å². The molecule has 1 aliphatic carbocycles. The molecule has 5 rings (SSSR count). The largest absolute Gasteiger partial charge is 0.460 e. The topological polar surface area (TPSA) is 55.6 Å². The summed E-state index contributed by atoms with van der Waals surface area (Å²) in [4.78, 5) is 19.0. The van der Waals surface area contributed by atoms with Gasteiger partial charge in [-0.3, -0.25) is 4.79 Å². The zero-order valence-electron chi connectivity index (χ0n) is 15.6. The van der Waals surface area contributed by atoms with Gasteiger partial charge < -0.3 is 14.1 Å². The Morgan fingerprint density at radius 1 is 1.25 bits per heavy atom. The van der Waals surface area contributed by atoms with Gasteiger partial charge in [-0.05, 0) is 35.7 Å². The number of furan rings is 1. The van der Waals surface area contributed by atoms with Crippen LogP contribution in [0.25, 0.3) is 21.7 Å². The number of rotatable bonds is 6. The van der Waals surface area contributed by atoms with Crippen molar-refractivity contribution in [1.82, 2.24) is 4.98 Å². The summed E-state index contributed by atoms with van der Waals surface area (Å²) in [6, 6.07) is 14.7. The van der Waals surface area contributed by atoms with Crippen LogP contribution in [0.2, 0.25) is 0 Å². The lowest BCUT2D eigenvalue weighted by Gasteiger charge is -2.13. The Bertz CT molecular complexity index is 1160. The first-order valence-electron chi connectivity index (χ1n) is 9.40. The number of esters is 1. The summed E-state index contributed by atoms with van der Waals surface area (Å²) in [6.45, 7) is 0.191. The molecule has 0 atom stereocenters. The van der Waals surface area contributed by atoms with Gasteiger partial charge in [0.15, 0.2) is 5.13 Å². The Balaban J connectivity index is 1.25.